The van der Waals surface area contributed by atoms with Crippen LogP contribution in [0.15, 0.2) is 18.2 Å². The molecule has 9 nitrogen and oxygen atoms in total. The van der Waals surface area contributed by atoms with Crippen molar-refractivity contribution in [1.82, 2.24) is 0 Å². The van der Waals surface area contributed by atoms with Gasteiger partial charge in [0.15, 0.2) is 6.10 Å². The van der Waals surface area contributed by atoms with E-state index in [0.29, 0.717) is 0 Å². The van der Waals surface area contributed by atoms with Crippen molar-refractivity contribution in [1.29, 1.82) is 0 Å². The van der Waals surface area contributed by atoms with Gasteiger partial charge in [-0.3, -0.25) is 19.7 Å². The Kier molecular flexibility index (Phi) is 6.39. The van der Waals surface area contributed by atoms with Crippen LogP contribution in [0.4, 0.5) is 17.1 Å². The van der Waals surface area contributed by atoms with Crippen LogP contribution in [0.2, 0.25) is 0 Å². The van der Waals surface area contributed by atoms with E-state index in [2.05, 4.69) is 10.1 Å². The number of nitrogens with zero attached hydrogens (tertiary/aromatic N) is 1. The maximum absolute atomic E-state index is 11.4. The second-order valence-electron chi connectivity index (χ2n) is 4.40. The second kappa shape index (κ2) is 8.03. The molecule has 1 unspecified atom stereocenters. The van der Waals surface area contributed by atoms with Gasteiger partial charge in [0.1, 0.15) is 4.99 Å². The molecule has 23 heavy (non-hydrogen) atoms. The van der Waals surface area contributed by atoms with Gasteiger partial charge in [0.25, 0.3) is 5.69 Å². The van der Waals surface area contributed by atoms with E-state index in [-0.39, 0.29) is 28.5 Å². The normalized spacial score (nSPS) is 11.2. The Hall–Kier alpha value is -2.75. The maximum Gasteiger partial charge on any atom is 0.309 e. The number of methoxy groups -OCH3 is 1. The van der Waals surface area contributed by atoms with E-state index in [9.17, 15) is 19.7 Å². The number of carbonyl (C=O) groups is 2. The zero-order valence-electron chi connectivity index (χ0n) is 12.4. The van der Waals surface area contributed by atoms with Crippen molar-refractivity contribution in [3.8, 4) is 0 Å². The first-order valence-corrected chi connectivity index (χ1v) is 6.74. The first kappa shape index (κ1) is 18.3. The van der Waals surface area contributed by atoms with Crippen molar-refractivity contribution >= 4 is 46.2 Å². The largest absolute Gasteiger partial charge is 0.469 e. The lowest BCUT2D eigenvalue weighted by molar-refractivity contribution is -0.384. The number of non-ortho nitro benzene ring substituents is 1. The van der Waals surface area contributed by atoms with Gasteiger partial charge in [-0.05, 0) is 6.07 Å². The number of hydrogen-bond donors (Lipinski definition) is 2. The summed E-state index contributed by atoms with van der Waals surface area (Å²) in [6.45, 7) is 1.16. The Morgan fingerprint density at radius 3 is 2.65 bits per heavy atom. The van der Waals surface area contributed by atoms with Crippen LogP contribution in [0.3, 0.4) is 0 Å². The molecule has 0 bridgehead atoms. The van der Waals surface area contributed by atoms with Gasteiger partial charge in [-0.2, -0.15) is 0 Å². The summed E-state index contributed by atoms with van der Waals surface area (Å²) < 4.78 is 9.46. The molecule has 0 aromatic heterocycles. The number of carbonyl (C=O) groups excluding carboxylic acids is 2. The monoisotopic (exact) mass is 341 g/mol. The highest BCUT2D eigenvalue weighted by Gasteiger charge is 2.23. The summed E-state index contributed by atoms with van der Waals surface area (Å²) in [4.78, 5) is 32.6. The van der Waals surface area contributed by atoms with Crippen LogP contribution in [0, 0.1) is 10.1 Å². The Balaban J connectivity index is 2.97. The van der Waals surface area contributed by atoms with Crippen molar-refractivity contribution in [2.24, 2.45) is 0 Å². The van der Waals surface area contributed by atoms with Crippen LogP contribution in [-0.2, 0) is 19.1 Å². The smallest absolute Gasteiger partial charge is 0.309 e. The SMILES string of the molecule is COC(=O)CC(OC(C)=O)C(=S)Nc1cc([N+](=O)[O-])ccc1N. The van der Waals surface area contributed by atoms with Crippen LogP contribution in [0.25, 0.3) is 0 Å². The summed E-state index contributed by atoms with van der Waals surface area (Å²) in [6, 6.07) is 3.76. The number of benzene rings is 1. The molecule has 3 N–H and O–H groups in total. The second-order valence-corrected chi connectivity index (χ2v) is 4.84. The number of hydrogen-bond acceptors (Lipinski definition) is 8. The number of nitrogen functional groups attached to an aromatic ring is 1. The predicted octanol–water partition coefficient (Wildman–Crippen LogP) is 1.41. The molecule has 0 aliphatic carbocycles. The van der Waals surface area contributed by atoms with Crippen molar-refractivity contribution in [2.75, 3.05) is 18.2 Å². The zero-order valence-corrected chi connectivity index (χ0v) is 13.2. The minimum absolute atomic E-state index is 0.0298. The van der Waals surface area contributed by atoms with Crippen molar-refractivity contribution < 1.29 is 24.0 Å². The molecule has 124 valence electrons. The molecule has 0 heterocycles. The molecule has 0 saturated heterocycles. The number of nitrogens with one attached hydrogen (secondary N) is 1. The minimum atomic E-state index is -1.08. The molecule has 0 saturated carbocycles. The van der Waals surface area contributed by atoms with E-state index in [1.807, 2.05) is 0 Å². The van der Waals surface area contributed by atoms with E-state index in [1.54, 1.807) is 0 Å². The number of nitro benzene ring substituents is 1. The molecule has 0 radical (unpaired) electrons. The Morgan fingerprint density at radius 1 is 1.48 bits per heavy atom. The van der Waals surface area contributed by atoms with Gasteiger partial charge in [-0.1, -0.05) is 12.2 Å². The average Bonchev–Trinajstić information content (AvgIpc) is 2.47. The fourth-order valence-electron chi connectivity index (χ4n) is 1.60. The molecule has 0 amide bonds. The van der Waals surface area contributed by atoms with Gasteiger partial charge >= 0.3 is 11.9 Å². The summed E-state index contributed by atoms with van der Waals surface area (Å²) in [5.41, 5.74) is 5.91. The van der Waals surface area contributed by atoms with Crippen LogP contribution < -0.4 is 11.1 Å². The number of rotatable bonds is 6. The van der Waals surface area contributed by atoms with Gasteiger partial charge in [-0.25, -0.2) is 0 Å². The highest BCUT2D eigenvalue weighted by atomic mass is 32.1. The van der Waals surface area contributed by atoms with E-state index in [0.717, 1.165) is 6.92 Å². The van der Waals surface area contributed by atoms with Crippen LogP contribution >= 0.6 is 12.2 Å². The van der Waals surface area contributed by atoms with Gasteiger partial charge in [-0.15, -0.1) is 0 Å². The van der Waals surface area contributed by atoms with Crippen LogP contribution in [-0.4, -0.2) is 35.1 Å². The van der Waals surface area contributed by atoms with Crippen LogP contribution in [0.1, 0.15) is 13.3 Å². The fraction of sp³-hybridized carbons (Fsp3) is 0.308. The van der Waals surface area contributed by atoms with Gasteiger partial charge in [0, 0.05) is 19.1 Å². The number of nitro groups is 1. The molecule has 10 heteroatoms. The lowest BCUT2D eigenvalue weighted by Gasteiger charge is -2.19. The average molecular weight is 341 g/mol. The molecular formula is C13H15N3O6S. The first-order chi connectivity index (χ1) is 10.7. The summed E-state index contributed by atoms with van der Waals surface area (Å²) in [5, 5.41) is 13.4. The molecule has 1 rings (SSSR count). The highest BCUT2D eigenvalue weighted by molar-refractivity contribution is 7.80. The van der Waals surface area contributed by atoms with E-state index in [4.69, 9.17) is 22.7 Å². The summed E-state index contributed by atoms with van der Waals surface area (Å²) in [5.74, 6) is -1.28. The third kappa shape index (κ3) is 5.51. The first-order valence-electron chi connectivity index (χ1n) is 6.33. The van der Waals surface area contributed by atoms with Crippen LogP contribution in [0.5, 0.6) is 0 Å². The van der Waals surface area contributed by atoms with Crippen molar-refractivity contribution in [2.45, 2.75) is 19.4 Å². The van der Waals surface area contributed by atoms with Crippen molar-refractivity contribution in [3.05, 3.63) is 28.3 Å². The summed E-state index contributed by atoms with van der Waals surface area (Å²) >= 11 is 5.09. The lowest BCUT2D eigenvalue weighted by atomic mass is 10.2. The lowest BCUT2D eigenvalue weighted by Crippen LogP contribution is -2.33. The molecule has 1 atom stereocenters. The number of esters is 2. The number of thiocarbonyl (C=S) groups is 1. The maximum atomic E-state index is 11.4. The molecule has 0 fully saturated rings. The molecular weight excluding hydrogens is 326 g/mol. The molecule has 1 aromatic carbocycles. The van der Waals surface area contributed by atoms with Gasteiger partial charge in [0.05, 0.1) is 29.8 Å². The highest BCUT2D eigenvalue weighted by Crippen LogP contribution is 2.25. The Bertz CT molecular complexity index is 649. The fourth-order valence-corrected chi connectivity index (χ4v) is 1.84. The van der Waals surface area contributed by atoms with E-state index < -0.39 is 23.0 Å². The van der Waals surface area contributed by atoms with Crippen molar-refractivity contribution in [3.63, 3.8) is 0 Å². The standard InChI is InChI=1S/C13H15N3O6S/c1-7(17)22-11(6-12(18)21-2)13(23)15-10-5-8(16(19)20)3-4-9(10)14/h3-5,11H,6,14H2,1-2H3,(H,15,23). The zero-order chi connectivity index (χ0) is 17.6. The molecule has 0 aliphatic rings. The minimum Gasteiger partial charge on any atom is -0.469 e. The third-order valence-corrected chi connectivity index (χ3v) is 3.05. The van der Waals surface area contributed by atoms with E-state index in [1.165, 1.54) is 25.3 Å². The third-order valence-electron chi connectivity index (χ3n) is 2.69. The Morgan fingerprint density at radius 2 is 2.13 bits per heavy atom. The predicted molar refractivity (Wildman–Crippen MR) is 85.9 cm³/mol. The number of ether oxygens (including phenoxy) is 2. The molecule has 0 aliphatic heterocycles. The molecule has 1 aromatic rings. The van der Waals surface area contributed by atoms with Gasteiger partial charge in [0.2, 0.25) is 0 Å². The number of nitrogens with two attached hydrogens (primary N) is 1. The Labute approximate surface area is 136 Å². The molecule has 0 spiro atoms. The van der Waals surface area contributed by atoms with Gasteiger partial charge < -0.3 is 20.5 Å². The summed E-state index contributed by atoms with van der Waals surface area (Å²) in [7, 11) is 1.18. The van der Waals surface area contributed by atoms with E-state index >= 15 is 0 Å². The quantitative estimate of drug-likeness (QED) is 0.259. The number of anilines is 2. The topological polar surface area (TPSA) is 134 Å². The summed E-state index contributed by atoms with van der Waals surface area (Å²) in [6.07, 6.45) is -1.37.